The summed E-state index contributed by atoms with van der Waals surface area (Å²) < 4.78 is 29.3. The standard InChI is InChI=1S/C11H13N2O6P/c1-10(2)8(13-4-3-5(14)12-9(13)15)17-6-7-11(6,10)19-20(16)18-7/h3-4,6-8,20H,1-2H3,(H,12,14,15)/t6-,7?,8-,11+/m1/s1. The van der Waals surface area contributed by atoms with Gasteiger partial charge in [0.05, 0.1) is 0 Å². The lowest BCUT2D eigenvalue weighted by Gasteiger charge is -2.33. The van der Waals surface area contributed by atoms with Gasteiger partial charge in [0.1, 0.15) is 24.0 Å². The van der Waals surface area contributed by atoms with Crippen LogP contribution < -0.4 is 11.2 Å². The van der Waals surface area contributed by atoms with E-state index >= 15 is 0 Å². The van der Waals surface area contributed by atoms with Crippen molar-refractivity contribution in [1.82, 2.24) is 9.55 Å². The Morgan fingerprint density at radius 1 is 1.35 bits per heavy atom. The zero-order chi connectivity index (χ0) is 14.3. The van der Waals surface area contributed by atoms with Gasteiger partial charge in [-0.1, -0.05) is 13.8 Å². The van der Waals surface area contributed by atoms with Crippen molar-refractivity contribution in [1.29, 1.82) is 0 Å². The van der Waals surface area contributed by atoms with Crippen LogP contribution in [0, 0.1) is 5.41 Å². The monoisotopic (exact) mass is 300 g/mol. The van der Waals surface area contributed by atoms with E-state index in [9.17, 15) is 14.2 Å². The lowest BCUT2D eigenvalue weighted by Crippen LogP contribution is -2.43. The number of nitrogens with one attached hydrogen (secondary N) is 1. The van der Waals surface area contributed by atoms with Crippen molar-refractivity contribution < 1.29 is 18.3 Å². The first-order valence-corrected chi connectivity index (χ1v) is 7.47. The van der Waals surface area contributed by atoms with Gasteiger partial charge in [-0.05, 0) is 0 Å². The minimum atomic E-state index is -2.48. The molecule has 3 aliphatic rings. The van der Waals surface area contributed by atoms with E-state index in [-0.39, 0.29) is 12.2 Å². The number of hydrogen-bond acceptors (Lipinski definition) is 6. The van der Waals surface area contributed by atoms with Crippen LogP contribution in [0.25, 0.3) is 0 Å². The lowest BCUT2D eigenvalue weighted by molar-refractivity contribution is -0.0674. The number of rotatable bonds is 1. The number of nitrogens with zero attached hydrogens (tertiary/aromatic N) is 1. The Morgan fingerprint density at radius 3 is 2.80 bits per heavy atom. The van der Waals surface area contributed by atoms with Crippen molar-refractivity contribution in [2.45, 2.75) is 37.9 Å². The van der Waals surface area contributed by atoms with Gasteiger partial charge in [0.2, 0.25) is 0 Å². The van der Waals surface area contributed by atoms with Gasteiger partial charge in [-0.2, -0.15) is 0 Å². The molecule has 5 atom stereocenters. The fourth-order valence-electron chi connectivity index (χ4n) is 3.40. The molecular formula is C11H13N2O6P. The molecule has 0 aromatic carbocycles. The predicted molar refractivity (Wildman–Crippen MR) is 66.7 cm³/mol. The Hall–Kier alpha value is -1.21. The summed E-state index contributed by atoms with van der Waals surface area (Å²) in [5.74, 6) is 0. The number of aromatic amines is 1. The first-order chi connectivity index (χ1) is 9.38. The van der Waals surface area contributed by atoms with Crippen molar-refractivity contribution in [2.75, 3.05) is 0 Å². The smallest absolute Gasteiger partial charge is 0.330 e. The molecule has 3 heterocycles. The Bertz CT molecular complexity index is 739. The molecule has 2 aliphatic heterocycles. The molecule has 0 amide bonds. The lowest BCUT2D eigenvalue weighted by atomic mass is 9.83. The minimum Gasteiger partial charge on any atom is -0.348 e. The van der Waals surface area contributed by atoms with Crippen LogP contribution in [-0.2, 0) is 18.3 Å². The first-order valence-electron chi connectivity index (χ1n) is 6.24. The number of ether oxygens (including phenoxy) is 1. The van der Waals surface area contributed by atoms with Crippen molar-refractivity contribution in [3.63, 3.8) is 0 Å². The van der Waals surface area contributed by atoms with E-state index in [0.717, 1.165) is 0 Å². The molecule has 1 aromatic rings. The van der Waals surface area contributed by atoms with Gasteiger partial charge in [-0.3, -0.25) is 23.4 Å². The minimum absolute atomic E-state index is 0.330. The molecule has 2 unspecified atom stereocenters. The SMILES string of the molecule is CC1(C)[C@H](n2ccc(=O)[nH]c2=O)O[C@@H]2C3O[PH](=O)O[C@]321. The third-order valence-corrected chi connectivity index (χ3v) is 5.44. The molecule has 20 heavy (non-hydrogen) atoms. The molecule has 4 rings (SSSR count). The van der Waals surface area contributed by atoms with Crippen LogP contribution in [0.2, 0.25) is 0 Å². The van der Waals surface area contributed by atoms with Crippen molar-refractivity contribution in [3.8, 4) is 0 Å². The van der Waals surface area contributed by atoms with Gasteiger partial charge < -0.3 is 9.26 Å². The van der Waals surface area contributed by atoms with Crippen molar-refractivity contribution in [3.05, 3.63) is 33.1 Å². The second-order valence-electron chi connectivity index (χ2n) is 5.83. The molecule has 3 fully saturated rings. The zero-order valence-corrected chi connectivity index (χ0v) is 11.8. The summed E-state index contributed by atoms with van der Waals surface area (Å²) >= 11 is 0. The largest absolute Gasteiger partial charge is 0.348 e. The third kappa shape index (κ3) is 1.25. The van der Waals surface area contributed by atoms with Crippen LogP contribution in [-0.4, -0.2) is 27.4 Å². The normalized spacial score (nSPS) is 44.1. The molecule has 1 spiro atoms. The van der Waals surface area contributed by atoms with Gasteiger partial charge in [-0.25, -0.2) is 4.79 Å². The van der Waals surface area contributed by atoms with Crippen LogP contribution in [0.3, 0.4) is 0 Å². The summed E-state index contributed by atoms with van der Waals surface area (Å²) in [6, 6.07) is 1.26. The molecule has 1 N–H and O–H groups in total. The first kappa shape index (κ1) is 12.5. The van der Waals surface area contributed by atoms with Crippen LogP contribution in [0.5, 0.6) is 0 Å². The Morgan fingerprint density at radius 2 is 2.10 bits per heavy atom. The third-order valence-electron chi connectivity index (χ3n) is 4.49. The molecule has 1 saturated carbocycles. The van der Waals surface area contributed by atoms with Crippen molar-refractivity contribution in [2.24, 2.45) is 5.41 Å². The Balaban J connectivity index is 1.78. The van der Waals surface area contributed by atoms with Gasteiger partial charge in [-0.15, -0.1) is 0 Å². The van der Waals surface area contributed by atoms with Gasteiger partial charge >= 0.3 is 13.9 Å². The number of hydrogen-bond donors (Lipinski definition) is 1. The molecule has 1 aliphatic carbocycles. The summed E-state index contributed by atoms with van der Waals surface area (Å²) in [7, 11) is -2.48. The summed E-state index contributed by atoms with van der Waals surface area (Å²) in [6.07, 6.45) is 0.121. The molecular weight excluding hydrogens is 287 g/mol. The van der Waals surface area contributed by atoms with E-state index in [1.54, 1.807) is 0 Å². The summed E-state index contributed by atoms with van der Waals surface area (Å²) in [4.78, 5) is 25.2. The van der Waals surface area contributed by atoms with Gasteiger partial charge in [0.25, 0.3) is 5.56 Å². The summed E-state index contributed by atoms with van der Waals surface area (Å²) in [5, 5.41) is 0. The van der Waals surface area contributed by atoms with Crippen LogP contribution >= 0.6 is 8.25 Å². The molecule has 0 bridgehead atoms. The highest BCUT2D eigenvalue weighted by Gasteiger charge is 2.86. The van der Waals surface area contributed by atoms with Gasteiger partial charge in [0, 0.05) is 17.7 Å². The number of aromatic nitrogens is 2. The second-order valence-corrected chi connectivity index (χ2v) is 6.77. The highest BCUT2D eigenvalue weighted by molar-refractivity contribution is 7.33. The van der Waals surface area contributed by atoms with Gasteiger partial charge in [0.15, 0.2) is 0 Å². The Labute approximate surface area is 113 Å². The quantitative estimate of drug-likeness (QED) is 0.734. The van der Waals surface area contributed by atoms with Crippen molar-refractivity contribution >= 4 is 8.25 Å². The molecule has 2 saturated heterocycles. The van der Waals surface area contributed by atoms with E-state index in [0.29, 0.717) is 0 Å². The van der Waals surface area contributed by atoms with Crippen LogP contribution in [0.1, 0.15) is 20.1 Å². The maximum absolute atomic E-state index is 11.9. The molecule has 9 heteroatoms. The predicted octanol–water partition coefficient (Wildman–Crippen LogP) is 0.0177. The molecule has 1 aromatic heterocycles. The topological polar surface area (TPSA) is 99.6 Å². The highest BCUT2D eigenvalue weighted by atomic mass is 31.1. The summed E-state index contributed by atoms with van der Waals surface area (Å²) in [5.41, 5.74) is -2.38. The summed E-state index contributed by atoms with van der Waals surface area (Å²) in [6.45, 7) is 3.75. The Kier molecular flexibility index (Phi) is 2.20. The van der Waals surface area contributed by atoms with Crippen LogP contribution in [0.4, 0.5) is 0 Å². The average molecular weight is 300 g/mol. The average Bonchev–Trinajstić information content (AvgIpc) is 2.68. The fraction of sp³-hybridized carbons (Fsp3) is 0.636. The zero-order valence-electron chi connectivity index (χ0n) is 10.8. The van der Waals surface area contributed by atoms with Crippen LogP contribution in [0.15, 0.2) is 21.9 Å². The second kappa shape index (κ2) is 3.51. The maximum Gasteiger partial charge on any atom is 0.330 e. The highest BCUT2D eigenvalue weighted by Crippen LogP contribution is 2.74. The maximum atomic E-state index is 11.9. The molecule has 108 valence electrons. The number of fused-ring (bicyclic) bond motifs is 1. The van der Waals surface area contributed by atoms with E-state index in [2.05, 4.69) is 4.98 Å². The molecule has 8 nitrogen and oxygen atoms in total. The number of H-pyrrole nitrogens is 1. The fourth-order valence-corrected chi connectivity index (χ4v) is 4.73. The van der Waals surface area contributed by atoms with E-state index in [1.165, 1.54) is 16.8 Å². The molecule has 0 radical (unpaired) electrons. The van der Waals surface area contributed by atoms with E-state index in [4.69, 9.17) is 13.8 Å². The van der Waals surface area contributed by atoms with E-state index in [1.807, 2.05) is 13.8 Å². The van der Waals surface area contributed by atoms with E-state index < -0.39 is 36.7 Å².